The van der Waals surface area contributed by atoms with Gasteiger partial charge in [0.25, 0.3) is 0 Å². The van der Waals surface area contributed by atoms with Gasteiger partial charge in [-0.25, -0.2) is 9.78 Å². The van der Waals surface area contributed by atoms with Gasteiger partial charge < -0.3 is 4.74 Å². The fourth-order valence-corrected chi connectivity index (χ4v) is 3.07. The van der Waals surface area contributed by atoms with E-state index in [-0.39, 0.29) is 5.97 Å². The van der Waals surface area contributed by atoms with Crippen LogP contribution in [0.4, 0.5) is 0 Å². The zero-order valence-electron chi connectivity index (χ0n) is 13.7. The topological polar surface area (TPSA) is 39.2 Å². The minimum Gasteiger partial charge on any atom is -0.456 e. The van der Waals surface area contributed by atoms with E-state index in [9.17, 15) is 4.79 Å². The maximum atomic E-state index is 12.6. The molecule has 1 aromatic heterocycles. The molecule has 3 aromatic rings. The van der Waals surface area contributed by atoms with E-state index in [1.54, 1.807) is 11.8 Å². The summed E-state index contributed by atoms with van der Waals surface area (Å²) in [4.78, 5) is 18.4. The number of hydrogen-bond donors (Lipinski definition) is 0. The number of nitrogens with zero attached hydrogens (tertiary/aromatic N) is 1. The third-order valence-corrected chi connectivity index (χ3v) is 4.26. The number of aromatic nitrogens is 1. The van der Waals surface area contributed by atoms with Crippen LogP contribution in [0.5, 0.6) is 0 Å². The fourth-order valence-electron chi connectivity index (χ4n) is 2.51. The number of pyridine rings is 1. The summed E-state index contributed by atoms with van der Waals surface area (Å²) in [5.41, 5.74) is 1.81. The summed E-state index contributed by atoms with van der Waals surface area (Å²) >= 11 is 1.63. The number of carbonyl (C=O) groups excluding carboxylic acids is 1. The highest BCUT2D eigenvalue weighted by Crippen LogP contribution is 2.31. The first-order valence-electron chi connectivity index (χ1n) is 7.49. The standard InChI is InChI=1S/C19H19NO2S/c1-19(2,3)22-18(21)13-9-10-16(23-4)17-14(13)11-12-7-5-6-8-15(12)20-17/h5-11H,1-4H3. The molecule has 0 aliphatic carbocycles. The van der Waals surface area contributed by atoms with Gasteiger partial charge in [0, 0.05) is 15.7 Å². The summed E-state index contributed by atoms with van der Waals surface area (Å²) in [7, 11) is 0. The molecule has 0 N–H and O–H groups in total. The van der Waals surface area contributed by atoms with E-state index in [0.29, 0.717) is 5.56 Å². The zero-order valence-corrected chi connectivity index (χ0v) is 14.5. The molecule has 0 saturated carbocycles. The number of ether oxygens (including phenoxy) is 1. The number of esters is 1. The Balaban J connectivity index is 2.26. The quantitative estimate of drug-likeness (QED) is 0.375. The highest BCUT2D eigenvalue weighted by atomic mass is 32.2. The summed E-state index contributed by atoms with van der Waals surface area (Å²) in [5.74, 6) is -0.313. The molecule has 0 radical (unpaired) electrons. The van der Waals surface area contributed by atoms with Crippen LogP contribution in [0.1, 0.15) is 31.1 Å². The number of rotatable bonds is 2. The average molecular weight is 325 g/mol. The van der Waals surface area contributed by atoms with Crippen molar-refractivity contribution < 1.29 is 9.53 Å². The molecule has 118 valence electrons. The van der Waals surface area contributed by atoms with Crippen molar-refractivity contribution in [2.75, 3.05) is 6.26 Å². The van der Waals surface area contributed by atoms with E-state index < -0.39 is 5.60 Å². The molecule has 4 heteroatoms. The van der Waals surface area contributed by atoms with Crippen molar-refractivity contribution in [2.45, 2.75) is 31.3 Å². The van der Waals surface area contributed by atoms with Gasteiger partial charge in [0.2, 0.25) is 0 Å². The zero-order chi connectivity index (χ0) is 16.6. The molecule has 0 aliphatic heterocycles. The van der Waals surface area contributed by atoms with Crippen LogP contribution in [-0.2, 0) is 4.74 Å². The lowest BCUT2D eigenvalue weighted by molar-refractivity contribution is 0.00718. The molecule has 0 spiro atoms. The molecule has 0 atom stereocenters. The number of carbonyl (C=O) groups is 1. The number of hydrogen-bond acceptors (Lipinski definition) is 4. The summed E-state index contributed by atoms with van der Waals surface area (Å²) in [5, 5.41) is 1.85. The van der Waals surface area contributed by atoms with Gasteiger partial charge in [-0.1, -0.05) is 18.2 Å². The second kappa shape index (κ2) is 5.85. The fraction of sp³-hybridized carbons (Fsp3) is 0.263. The second-order valence-electron chi connectivity index (χ2n) is 6.39. The van der Waals surface area contributed by atoms with E-state index >= 15 is 0 Å². The lowest BCUT2D eigenvalue weighted by Gasteiger charge is -2.20. The van der Waals surface area contributed by atoms with Crippen LogP contribution in [0.2, 0.25) is 0 Å². The van der Waals surface area contributed by atoms with Gasteiger partial charge in [-0.05, 0) is 51.3 Å². The van der Waals surface area contributed by atoms with Gasteiger partial charge in [0.1, 0.15) is 5.60 Å². The van der Waals surface area contributed by atoms with Gasteiger partial charge >= 0.3 is 5.97 Å². The predicted octanol–water partition coefficient (Wildman–Crippen LogP) is 5.07. The SMILES string of the molecule is CSc1ccc(C(=O)OC(C)(C)C)c2cc3ccccc3nc12. The first-order valence-corrected chi connectivity index (χ1v) is 8.71. The largest absolute Gasteiger partial charge is 0.456 e. The Morgan fingerprint density at radius 1 is 1.13 bits per heavy atom. The minimum atomic E-state index is -0.522. The van der Waals surface area contributed by atoms with Crippen molar-refractivity contribution >= 4 is 39.5 Å². The monoisotopic (exact) mass is 325 g/mol. The van der Waals surface area contributed by atoms with Gasteiger partial charge in [-0.3, -0.25) is 0 Å². The number of fused-ring (bicyclic) bond motifs is 2. The van der Waals surface area contributed by atoms with Crippen molar-refractivity contribution in [3.05, 3.63) is 48.0 Å². The summed E-state index contributed by atoms with van der Waals surface area (Å²) < 4.78 is 5.54. The Morgan fingerprint density at radius 2 is 1.87 bits per heavy atom. The number of para-hydroxylation sites is 1. The average Bonchev–Trinajstić information content (AvgIpc) is 2.50. The van der Waals surface area contributed by atoms with Crippen LogP contribution in [0.3, 0.4) is 0 Å². The summed E-state index contributed by atoms with van der Waals surface area (Å²) in [6, 6.07) is 13.7. The summed E-state index contributed by atoms with van der Waals surface area (Å²) in [6.07, 6.45) is 2.01. The number of thioether (sulfide) groups is 1. The molecular formula is C19H19NO2S. The van der Waals surface area contributed by atoms with Crippen LogP contribution in [-0.4, -0.2) is 22.8 Å². The van der Waals surface area contributed by atoms with Crippen LogP contribution in [0.25, 0.3) is 21.8 Å². The van der Waals surface area contributed by atoms with E-state index in [4.69, 9.17) is 9.72 Å². The third kappa shape index (κ3) is 3.17. The lowest BCUT2D eigenvalue weighted by atomic mass is 10.1. The van der Waals surface area contributed by atoms with Crippen LogP contribution in [0, 0.1) is 0 Å². The molecule has 0 amide bonds. The van der Waals surface area contributed by atoms with Crippen molar-refractivity contribution in [1.29, 1.82) is 0 Å². The van der Waals surface area contributed by atoms with Crippen molar-refractivity contribution in [3.63, 3.8) is 0 Å². The first-order chi connectivity index (χ1) is 10.9. The van der Waals surface area contributed by atoms with Crippen molar-refractivity contribution in [3.8, 4) is 0 Å². The van der Waals surface area contributed by atoms with E-state index in [2.05, 4.69) is 0 Å². The molecule has 0 saturated heterocycles. The molecule has 2 aromatic carbocycles. The highest BCUT2D eigenvalue weighted by Gasteiger charge is 2.21. The molecule has 0 fully saturated rings. The molecule has 23 heavy (non-hydrogen) atoms. The van der Waals surface area contributed by atoms with E-state index in [0.717, 1.165) is 26.7 Å². The normalized spacial score (nSPS) is 11.8. The first kappa shape index (κ1) is 15.8. The minimum absolute atomic E-state index is 0.313. The Labute approximate surface area is 140 Å². The summed E-state index contributed by atoms with van der Waals surface area (Å²) in [6.45, 7) is 5.62. The molecule has 1 heterocycles. The lowest BCUT2D eigenvalue weighted by Crippen LogP contribution is -2.24. The molecule has 0 bridgehead atoms. The molecular weight excluding hydrogens is 306 g/mol. The van der Waals surface area contributed by atoms with Crippen LogP contribution >= 0.6 is 11.8 Å². The Morgan fingerprint density at radius 3 is 2.57 bits per heavy atom. The van der Waals surface area contributed by atoms with Gasteiger partial charge in [-0.2, -0.15) is 0 Å². The maximum Gasteiger partial charge on any atom is 0.339 e. The second-order valence-corrected chi connectivity index (χ2v) is 7.24. The highest BCUT2D eigenvalue weighted by molar-refractivity contribution is 7.98. The molecule has 0 unspecified atom stereocenters. The number of benzene rings is 2. The Hall–Kier alpha value is -2.07. The smallest absolute Gasteiger partial charge is 0.339 e. The third-order valence-electron chi connectivity index (χ3n) is 3.49. The van der Waals surface area contributed by atoms with Crippen LogP contribution in [0.15, 0.2) is 47.4 Å². The molecule has 3 rings (SSSR count). The van der Waals surface area contributed by atoms with Crippen molar-refractivity contribution in [1.82, 2.24) is 4.98 Å². The molecule has 0 aliphatic rings. The van der Waals surface area contributed by atoms with Crippen LogP contribution < -0.4 is 0 Å². The predicted molar refractivity (Wildman–Crippen MR) is 96.2 cm³/mol. The van der Waals surface area contributed by atoms with Gasteiger partial charge in [0.05, 0.1) is 16.6 Å². The molecule has 3 nitrogen and oxygen atoms in total. The van der Waals surface area contributed by atoms with Gasteiger partial charge in [0.15, 0.2) is 0 Å². The Bertz CT molecular complexity index is 897. The maximum absolute atomic E-state index is 12.6. The van der Waals surface area contributed by atoms with Crippen molar-refractivity contribution in [2.24, 2.45) is 0 Å². The van der Waals surface area contributed by atoms with Gasteiger partial charge in [-0.15, -0.1) is 11.8 Å². The van der Waals surface area contributed by atoms with E-state index in [1.807, 2.05) is 69.5 Å². The Kier molecular flexibility index (Phi) is 4.02. The van der Waals surface area contributed by atoms with E-state index in [1.165, 1.54) is 0 Å².